The number of carbonyl (C=O) groups excluding carboxylic acids is 2. The zero-order chi connectivity index (χ0) is 18.0. The maximum Gasteiger partial charge on any atom is 0.229 e. The van der Waals surface area contributed by atoms with Gasteiger partial charge in [-0.2, -0.15) is 0 Å². The third-order valence-corrected chi connectivity index (χ3v) is 4.74. The van der Waals surface area contributed by atoms with Gasteiger partial charge in [-0.3, -0.25) is 9.59 Å². The molecule has 25 heavy (non-hydrogen) atoms. The number of benzene rings is 2. The largest absolute Gasteiger partial charge is 0.325 e. The van der Waals surface area contributed by atoms with Crippen LogP contribution >= 0.6 is 0 Å². The molecule has 1 fully saturated rings. The molecule has 1 heterocycles. The van der Waals surface area contributed by atoms with Crippen molar-refractivity contribution in [3.8, 4) is 0 Å². The van der Waals surface area contributed by atoms with Crippen LogP contribution in [0.15, 0.2) is 48.5 Å². The first kappa shape index (κ1) is 17.2. The maximum absolute atomic E-state index is 12.8. The molecule has 1 saturated heterocycles. The Labute approximate surface area is 148 Å². The van der Waals surface area contributed by atoms with Gasteiger partial charge in [0.15, 0.2) is 0 Å². The average molecular weight is 336 g/mol. The molecular formula is C21H24N2O2. The standard InChI is InChI=1S/C21H24N2O2/c1-14(2)18-11-7-8-15(3)20(18)22-21(25)16-12-19(24)23(13-16)17-9-5-4-6-10-17/h4-11,14,16H,12-13H2,1-3H3,(H,22,25). The first-order chi connectivity index (χ1) is 12.0. The molecule has 1 aliphatic rings. The molecule has 0 bridgehead atoms. The quantitative estimate of drug-likeness (QED) is 0.913. The fraction of sp³-hybridized carbons (Fsp3) is 0.333. The van der Waals surface area contributed by atoms with E-state index in [9.17, 15) is 9.59 Å². The van der Waals surface area contributed by atoms with Gasteiger partial charge in [0.2, 0.25) is 11.8 Å². The minimum Gasteiger partial charge on any atom is -0.325 e. The fourth-order valence-electron chi connectivity index (χ4n) is 3.31. The highest BCUT2D eigenvalue weighted by atomic mass is 16.2. The van der Waals surface area contributed by atoms with Crippen LogP contribution in [0.1, 0.15) is 37.3 Å². The van der Waals surface area contributed by atoms with Crippen LogP contribution in [0, 0.1) is 12.8 Å². The second-order valence-electron chi connectivity index (χ2n) is 6.92. The monoisotopic (exact) mass is 336 g/mol. The SMILES string of the molecule is Cc1cccc(C(C)C)c1NC(=O)C1CC(=O)N(c2ccccc2)C1. The zero-order valence-corrected chi connectivity index (χ0v) is 15.0. The molecule has 4 heteroatoms. The Hall–Kier alpha value is -2.62. The minimum absolute atomic E-state index is 0.000201. The highest BCUT2D eigenvalue weighted by molar-refractivity contribution is 6.04. The lowest BCUT2D eigenvalue weighted by molar-refractivity contribution is -0.122. The molecule has 1 aliphatic heterocycles. The topological polar surface area (TPSA) is 49.4 Å². The number of anilines is 2. The van der Waals surface area contributed by atoms with Gasteiger partial charge in [0.1, 0.15) is 0 Å². The van der Waals surface area contributed by atoms with Gasteiger partial charge < -0.3 is 10.2 Å². The van der Waals surface area contributed by atoms with E-state index in [0.717, 1.165) is 22.5 Å². The smallest absolute Gasteiger partial charge is 0.229 e. The van der Waals surface area contributed by atoms with Gasteiger partial charge in [-0.1, -0.05) is 50.2 Å². The lowest BCUT2D eigenvalue weighted by Gasteiger charge is -2.19. The Kier molecular flexibility index (Phi) is 4.88. The molecule has 0 aliphatic carbocycles. The summed E-state index contributed by atoms with van der Waals surface area (Å²) in [6.07, 6.45) is 0.254. The molecule has 0 radical (unpaired) electrons. The highest BCUT2D eigenvalue weighted by Gasteiger charge is 2.35. The van der Waals surface area contributed by atoms with Crippen molar-refractivity contribution in [2.24, 2.45) is 5.92 Å². The molecule has 4 nitrogen and oxygen atoms in total. The van der Waals surface area contributed by atoms with Gasteiger partial charge in [-0.05, 0) is 36.1 Å². The molecule has 3 rings (SSSR count). The predicted molar refractivity (Wildman–Crippen MR) is 101 cm³/mol. The number of hydrogen-bond donors (Lipinski definition) is 1. The summed E-state index contributed by atoms with van der Waals surface area (Å²) in [5.74, 6) is -0.0863. The van der Waals surface area contributed by atoms with Crippen LogP contribution in [0.2, 0.25) is 0 Å². The van der Waals surface area contributed by atoms with Crippen molar-refractivity contribution in [3.05, 3.63) is 59.7 Å². The van der Waals surface area contributed by atoms with E-state index in [1.807, 2.05) is 55.5 Å². The zero-order valence-electron chi connectivity index (χ0n) is 15.0. The van der Waals surface area contributed by atoms with Crippen LogP contribution in [-0.2, 0) is 9.59 Å². The third kappa shape index (κ3) is 3.58. The van der Waals surface area contributed by atoms with Crippen molar-refractivity contribution < 1.29 is 9.59 Å². The van der Waals surface area contributed by atoms with E-state index in [0.29, 0.717) is 12.5 Å². The lowest BCUT2D eigenvalue weighted by atomic mass is 9.97. The number of hydrogen-bond acceptors (Lipinski definition) is 2. The predicted octanol–water partition coefficient (Wildman–Crippen LogP) is 4.11. The molecule has 130 valence electrons. The van der Waals surface area contributed by atoms with E-state index in [-0.39, 0.29) is 24.2 Å². The lowest BCUT2D eigenvalue weighted by Crippen LogP contribution is -2.28. The summed E-state index contributed by atoms with van der Waals surface area (Å²) < 4.78 is 0. The summed E-state index contributed by atoms with van der Waals surface area (Å²) in [4.78, 5) is 26.8. The number of carbonyl (C=O) groups is 2. The molecule has 0 saturated carbocycles. The number of amides is 2. The van der Waals surface area contributed by atoms with Gasteiger partial charge in [0.05, 0.1) is 5.92 Å². The number of aryl methyl sites for hydroxylation is 1. The summed E-state index contributed by atoms with van der Waals surface area (Å²) in [5.41, 5.74) is 3.90. The fourth-order valence-corrected chi connectivity index (χ4v) is 3.31. The summed E-state index contributed by atoms with van der Waals surface area (Å²) in [5, 5.41) is 3.08. The second kappa shape index (κ2) is 7.09. The molecule has 2 aromatic carbocycles. The van der Waals surface area contributed by atoms with Crippen LogP contribution < -0.4 is 10.2 Å². The number of nitrogens with zero attached hydrogens (tertiary/aromatic N) is 1. The van der Waals surface area contributed by atoms with E-state index < -0.39 is 0 Å². The Bertz CT molecular complexity index is 784. The van der Waals surface area contributed by atoms with Crippen molar-refractivity contribution in [1.82, 2.24) is 0 Å². The van der Waals surface area contributed by atoms with E-state index in [1.54, 1.807) is 4.90 Å². The third-order valence-electron chi connectivity index (χ3n) is 4.74. The molecule has 0 spiro atoms. The van der Waals surface area contributed by atoms with Gasteiger partial charge in [-0.25, -0.2) is 0 Å². The van der Waals surface area contributed by atoms with Crippen molar-refractivity contribution in [2.75, 3.05) is 16.8 Å². The summed E-state index contributed by atoms with van der Waals surface area (Å²) in [6, 6.07) is 15.6. The normalized spacial score (nSPS) is 17.2. The summed E-state index contributed by atoms with van der Waals surface area (Å²) in [6.45, 7) is 6.65. The summed E-state index contributed by atoms with van der Waals surface area (Å²) in [7, 11) is 0. The molecule has 1 N–H and O–H groups in total. The van der Waals surface area contributed by atoms with Gasteiger partial charge in [-0.15, -0.1) is 0 Å². The number of rotatable bonds is 4. The highest BCUT2D eigenvalue weighted by Crippen LogP contribution is 2.30. The van der Waals surface area contributed by atoms with Gasteiger partial charge in [0.25, 0.3) is 0 Å². The minimum atomic E-state index is -0.327. The number of para-hydroxylation sites is 2. The molecule has 0 aromatic heterocycles. The molecule has 2 amide bonds. The van der Waals surface area contributed by atoms with Crippen LogP contribution in [0.5, 0.6) is 0 Å². The van der Waals surface area contributed by atoms with E-state index >= 15 is 0 Å². The first-order valence-corrected chi connectivity index (χ1v) is 8.73. The van der Waals surface area contributed by atoms with Crippen LogP contribution in [0.4, 0.5) is 11.4 Å². The Morgan fingerprint density at radius 2 is 1.84 bits per heavy atom. The average Bonchev–Trinajstić information content (AvgIpc) is 2.99. The second-order valence-corrected chi connectivity index (χ2v) is 6.92. The van der Waals surface area contributed by atoms with Gasteiger partial charge in [0, 0.05) is 24.3 Å². The van der Waals surface area contributed by atoms with E-state index in [2.05, 4.69) is 19.2 Å². The first-order valence-electron chi connectivity index (χ1n) is 8.73. The molecule has 2 aromatic rings. The van der Waals surface area contributed by atoms with Gasteiger partial charge >= 0.3 is 0 Å². The van der Waals surface area contributed by atoms with Crippen molar-refractivity contribution in [3.63, 3.8) is 0 Å². The number of nitrogens with one attached hydrogen (secondary N) is 1. The molecule has 1 unspecified atom stereocenters. The van der Waals surface area contributed by atoms with Crippen molar-refractivity contribution in [2.45, 2.75) is 33.1 Å². The maximum atomic E-state index is 12.8. The van der Waals surface area contributed by atoms with Crippen molar-refractivity contribution >= 4 is 23.2 Å². The summed E-state index contributed by atoms with van der Waals surface area (Å²) >= 11 is 0. The Morgan fingerprint density at radius 3 is 2.52 bits per heavy atom. The Morgan fingerprint density at radius 1 is 1.12 bits per heavy atom. The Balaban J connectivity index is 1.76. The molecular weight excluding hydrogens is 312 g/mol. The van der Waals surface area contributed by atoms with Crippen molar-refractivity contribution in [1.29, 1.82) is 0 Å². The molecule has 1 atom stereocenters. The van der Waals surface area contributed by atoms with Crippen LogP contribution in [0.25, 0.3) is 0 Å². The van der Waals surface area contributed by atoms with E-state index in [1.165, 1.54) is 0 Å². The van der Waals surface area contributed by atoms with Crippen LogP contribution in [0.3, 0.4) is 0 Å². The van der Waals surface area contributed by atoms with E-state index in [4.69, 9.17) is 0 Å². The van der Waals surface area contributed by atoms with Crippen LogP contribution in [-0.4, -0.2) is 18.4 Å².